The summed E-state index contributed by atoms with van der Waals surface area (Å²) in [5, 5.41) is 10.1. The largest absolute Gasteiger partial charge is 0.507 e. The van der Waals surface area contributed by atoms with E-state index in [1.807, 2.05) is 30.5 Å². The van der Waals surface area contributed by atoms with Crippen LogP contribution in [0.2, 0.25) is 0 Å². The highest BCUT2D eigenvalue weighted by atomic mass is 32.2. The van der Waals surface area contributed by atoms with Crippen LogP contribution in [0.4, 0.5) is 0 Å². The molecule has 2 aromatic carbocycles. The third kappa shape index (κ3) is 4.07. The van der Waals surface area contributed by atoms with Crippen molar-refractivity contribution < 1.29 is 19.4 Å². The van der Waals surface area contributed by atoms with Gasteiger partial charge in [-0.05, 0) is 30.0 Å². The number of methoxy groups -OCH3 is 2. The van der Waals surface area contributed by atoms with E-state index >= 15 is 0 Å². The zero-order valence-electron chi connectivity index (χ0n) is 13.2. The molecule has 23 heavy (non-hydrogen) atoms. The maximum atomic E-state index is 12.4. The third-order valence-electron chi connectivity index (χ3n) is 3.30. The fourth-order valence-electron chi connectivity index (χ4n) is 2.07. The number of thioether (sulfide) groups is 1. The first-order valence-electron chi connectivity index (χ1n) is 6.90. The summed E-state index contributed by atoms with van der Waals surface area (Å²) < 4.78 is 10.2. The van der Waals surface area contributed by atoms with Gasteiger partial charge in [-0.25, -0.2) is 0 Å². The fourth-order valence-corrected chi connectivity index (χ4v) is 2.48. The molecule has 2 rings (SSSR count). The number of phenols is 1. The second-order valence-electron chi connectivity index (χ2n) is 4.69. The summed E-state index contributed by atoms with van der Waals surface area (Å²) in [5.74, 6) is 0.186. The minimum atomic E-state index is -0.337. The highest BCUT2D eigenvalue weighted by Gasteiger charge is 2.17. The third-order valence-corrected chi connectivity index (χ3v) is 4.04. The Morgan fingerprint density at radius 3 is 2.39 bits per heavy atom. The van der Waals surface area contributed by atoms with E-state index in [2.05, 4.69) is 0 Å². The van der Waals surface area contributed by atoms with Crippen molar-refractivity contribution in [3.63, 3.8) is 0 Å². The van der Waals surface area contributed by atoms with Crippen LogP contribution in [0.25, 0.3) is 6.08 Å². The first kappa shape index (κ1) is 17.0. The van der Waals surface area contributed by atoms with Crippen LogP contribution in [-0.2, 0) is 0 Å². The monoisotopic (exact) mass is 330 g/mol. The van der Waals surface area contributed by atoms with Gasteiger partial charge in [-0.15, -0.1) is 11.8 Å². The van der Waals surface area contributed by atoms with Gasteiger partial charge in [0.25, 0.3) is 0 Å². The van der Waals surface area contributed by atoms with Crippen LogP contribution in [0.5, 0.6) is 17.2 Å². The van der Waals surface area contributed by atoms with Crippen LogP contribution >= 0.6 is 11.8 Å². The summed E-state index contributed by atoms with van der Waals surface area (Å²) in [6.45, 7) is 0. The Labute approximate surface area is 139 Å². The maximum Gasteiger partial charge on any atom is 0.193 e. The molecule has 0 aliphatic carbocycles. The standard InChI is InChI=1S/C18H18O4S/c1-21-13-10-16(20)18(17(11-13)22-2)15(19)9-6-12-4-7-14(23-3)8-5-12/h4-11,20H,1-3H3. The summed E-state index contributed by atoms with van der Waals surface area (Å²) in [5.41, 5.74) is 1.02. The molecule has 0 radical (unpaired) electrons. The molecule has 120 valence electrons. The molecule has 0 aliphatic heterocycles. The van der Waals surface area contributed by atoms with Crippen molar-refractivity contribution in [2.24, 2.45) is 0 Å². The molecule has 0 heterocycles. The molecule has 0 spiro atoms. The zero-order valence-corrected chi connectivity index (χ0v) is 14.0. The molecule has 0 atom stereocenters. The van der Waals surface area contributed by atoms with Crippen molar-refractivity contribution in [1.82, 2.24) is 0 Å². The minimum Gasteiger partial charge on any atom is -0.507 e. The number of phenolic OH excluding ortho intramolecular Hbond substituents is 1. The number of allylic oxidation sites excluding steroid dienone is 1. The van der Waals surface area contributed by atoms with Crippen LogP contribution in [0.3, 0.4) is 0 Å². The number of carbonyl (C=O) groups excluding carboxylic acids is 1. The van der Waals surface area contributed by atoms with E-state index in [0.717, 1.165) is 10.5 Å². The smallest absolute Gasteiger partial charge is 0.193 e. The quantitative estimate of drug-likeness (QED) is 0.492. The van der Waals surface area contributed by atoms with E-state index in [9.17, 15) is 9.90 Å². The molecule has 0 saturated carbocycles. The first-order chi connectivity index (χ1) is 11.1. The normalized spacial score (nSPS) is 10.7. The molecular weight excluding hydrogens is 312 g/mol. The molecular formula is C18H18O4S. The predicted octanol–water partition coefficient (Wildman–Crippen LogP) is 4.03. The fraction of sp³-hybridized carbons (Fsp3) is 0.167. The molecule has 0 fully saturated rings. The Hall–Kier alpha value is -2.40. The van der Waals surface area contributed by atoms with E-state index in [0.29, 0.717) is 5.75 Å². The maximum absolute atomic E-state index is 12.4. The summed E-state index contributed by atoms with van der Waals surface area (Å²) in [6, 6.07) is 10.8. The molecule has 4 nitrogen and oxygen atoms in total. The van der Waals surface area contributed by atoms with E-state index in [1.165, 1.54) is 26.4 Å². The molecule has 0 aromatic heterocycles. The minimum absolute atomic E-state index is 0.116. The number of carbonyl (C=O) groups is 1. The van der Waals surface area contributed by atoms with Gasteiger partial charge >= 0.3 is 0 Å². The van der Waals surface area contributed by atoms with E-state index < -0.39 is 0 Å². The SMILES string of the molecule is COc1cc(O)c(C(=O)C=Cc2ccc(SC)cc2)c(OC)c1. The number of hydrogen-bond acceptors (Lipinski definition) is 5. The van der Waals surface area contributed by atoms with E-state index in [-0.39, 0.29) is 22.8 Å². The van der Waals surface area contributed by atoms with Crippen molar-refractivity contribution >= 4 is 23.6 Å². The Morgan fingerprint density at radius 2 is 1.83 bits per heavy atom. The molecule has 5 heteroatoms. The molecule has 2 aromatic rings. The lowest BCUT2D eigenvalue weighted by molar-refractivity contribution is 0.104. The Kier molecular flexibility index (Phi) is 5.71. The van der Waals surface area contributed by atoms with Crippen molar-refractivity contribution in [1.29, 1.82) is 0 Å². The highest BCUT2D eigenvalue weighted by molar-refractivity contribution is 7.98. The number of ketones is 1. The lowest BCUT2D eigenvalue weighted by Crippen LogP contribution is -2.00. The Bertz CT molecular complexity index is 721. The lowest BCUT2D eigenvalue weighted by Gasteiger charge is -2.10. The van der Waals surface area contributed by atoms with Gasteiger partial charge in [-0.3, -0.25) is 4.79 Å². The van der Waals surface area contributed by atoms with Crippen LogP contribution in [0.15, 0.2) is 47.4 Å². The predicted molar refractivity (Wildman–Crippen MR) is 92.8 cm³/mol. The van der Waals surface area contributed by atoms with Gasteiger partial charge in [0.15, 0.2) is 5.78 Å². The zero-order chi connectivity index (χ0) is 16.8. The topological polar surface area (TPSA) is 55.8 Å². The van der Waals surface area contributed by atoms with Crippen LogP contribution < -0.4 is 9.47 Å². The summed E-state index contributed by atoms with van der Waals surface area (Å²) >= 11 is 1.66. The van der Waals surface area contributed by atoms with Gasteiger partial charge in [0.05, 0.1) is 14.2 Å². The number of aromatic hydroxyl groups is 1. The highest BCUT2D eigenvalue weighted by Crippen LogP contribution is 2.33. The molecule has 0 bridgehead atoms. The van der Waals surface area contributed by atoms with Gasteiger partial charge in [-0.2, -0.15) is 0 Å². The van der Waals surface area contributed by atoms with Crippen LogP contribution in [-0.4, -0.2) is 31.4 Å². The number of hydrogen-bond donors (Lipinski definition) is 1. The van der Waals surface area contributed by atoms with Gasteiger partial charge in [-0.1, -0.05) is 18.2 Å². The number of ether oxygens (including phenoxy) is 2. The Morgan fingerprint density at radius 1 is 1.13 bits per heavy atom. The number of rotatable bonds is 6. The van der Waals surface area contributed by atoms with Crippen molar-refractivity contribution in [3.8, 4) is 17.2 Å². The van der Waals surface area contributed by atoms with Gasteiger partial charge in [0.1, 0.15) is 22.8 Å². The molecule has 1 N–H and O–H groups in total. The number of benzene rings is 2. The summed E-state index contributed by atoms with van der Waals surface area (Å²) in [4.78, 5) is 13.5. The Balaban J connectivity index is 2.27. The van der Waals surface area contributed by atoms with Crippen molar-refractivity contribution in [3.05, 3.63) is 53.6 Å². The lowest BCUT2D eigenvalue weighted by atomic mass is 10.1. The molecule has 0 amide bonds. The first-order valence-corrected chi connectivity index (χ1v) is 8.13. The summed E-state index contributed by atoms with van der Waals surface area (Å²) in [7, 11) is 2.92. The molecule has 0 unspecified atom stereocenters. The van der Waals surface area contributed by atoms with Crippen molar-refractivity contribution in [2.75, 3.05) is 20.5 Å². The van der Waals surface area contributed by atoms with Crippen molar-refractivity contribution in [2.45, 2.75) is 4.90 Å². The second kappa shape index (κ2) is 7.74. The average molecular weight is 330 g/mol. The van der Waals surface area contributed by atoms with Crippen LogP contribution in [0.1, 0.15) is 15.9 Å². The molecule has 0 aliphatic rings. The van der Waals surface area contributed by atoms with Crippen LogP contribution in [0, 0.1) is 0 Å². The van der Waals surface area contributed by atoms with Gasteiger partial charge < -0.3 is 14.6 Å². The van der Waals surface area contributed by atoms with Gasteiger partial charge in [0, 0.05) is 17.0 Å². The van der Waals surface area contributed by atoms with Gasteiger partial charge in [0.2, 0.25) is 0 Å². The second-order valence-corrected chi connectivity index (χ2v) is 5.57. The molecule has 0 saturated heterocycles. The average Bonchev–Trinajstić information content (AvgIpc) is 2.59. The van der Waals surface area contributed by atoms with E-state index in [4.69, 9.17) is 9.47 Å². The summed E-state index contributed by atoms with van der Waals surface area (Å²) in [6.07, 6.45) is 5.13. The van der Waals surface area contributed by atoms with E-state index in [1.54, 1.807) is 23.9 Å².